The van der Waals surface area contributed by atoms with Crippen LogP contribution >= 0.6 is 0 Å². The van der Waals surface area contributed by atoms with Crippen molar-refractivity contribution in [2.45, 2.75) is 40.2 Å². The van der Waals surface area contributed by atoms with Gasteiger partial charge in [-0.2, -0.15) is 0 Å². The van der Waals surface area contributed by atoms with Crippen molar-refractivity contribution in [2.24, 2.45) is 11.1 Å². The Morgan fingerprint density at radius 2 is 1.75 bits per heavy atom. The smallest absolute Gasteiger partial charge is 0.0388 e. The zero-order valence-electron chi connectivity index (χ0n) is 10.9. The summed E-state index contributed by atoms with van der Waals surface area (Å²) in [7, 11) is 0. The zero-order chi connectivity index (χ0) is 12.2. The van der Waals surface area contributed by atoms with E-state index in [0.717, 1.165) is 12.1 Å². The molecule has 1 atom stereocenters. The average molecular weight is 220 g/mol. The largest absolute Gasteiger partial charge is 0.381 e. The van der Waals surface area contributed by atoms with Crippen LogP contribution in [0.5, 0.6) is 0 Å². The molecule has 0 aliphatic rings. The first-order valence-corrected chi connectivity index (χ1v) is 5.94. The molecule has 1 unspecified atom stereocenters. The summed E-state index contributed by atoms with van der Waals surface area (Å²) in [6.45, 7) is 9.50. The maximum Gasteiger partial charge on any atom is 0.0388 e. The molecule has 0 bridgehead atoms. The molecule has 90 valence electrons. The van der Waals surface area contributed by atoms with E-state index < -0.39 is 0 Å². The summed E-state index contributed by atoms with van der Waals surface area (Å²) in [6, 6.07) is 8.81. The third kappa shape index (κ3) is 4.67. The highest BCUT2D eigenvalue weighted by atomic mass is 14.9. The van der Waals surface area contributed by atoms with Gasteiger partial charge in [-0.25, -0.2) is 0 Å². The monoisotopic (exact) mass is 220 g/mol. The second-order valence-electron chi connectivity index (χ2n) is 5.71. The van der Waals surface area contributed by atoms with Crippen molar-refractivity contribution in [1.82, 2.24) is 0 Å². The summed E-state index contributed by atoms with van der Waals surface area (Å²) in [5.74, 6) is 0. The molecule has 0 saturated heterocycles. The lowest BCUT2D eigenvalue weighted by molar-refractivity contribution is 0.351. The molecule has 0 spiro atoms. The quantitative estimate of drug-likeness (QED) is 0.818. The normalized spacial score (nSPS) is 13.6. The topological polar surface area (TPSA) is 38.0 Å². The van der Waals surface area contributed by atoms with Crippen LogP contribution < -0.4 is 11.1 Å². The van der Waals surface area contributed by atoms with Crippen molar-refractivity contribution in [1.29, 1.82) is 0 Å². The lowest BCUT2D eigenvalue weighted by atomic mass is 9.88. The van der Waals surface area contributed by atoms with E-state index in [1.165, 1.54) is 5.56 Å². The number of nitrogens with two attached hydrogens (primary N) is 1. The van der Waals surface area contributed by atoms with Crippen LogP contribution in [0.4, 0.5) is 5.69 Å². The minimum absolute atomic E-state index is 0.307. The predicted octanol–water partition coefficient (Wildman–Crippen LogP) is 3.17. The Bertz CT molecular complexity index is 309. The van der Waals surface area contributed by atoms with Crippen LogP contribution in [0.2, 0.25) is 0 Å². The third-order valence-corrected chi connectivity index (χ3v) is 2.57. The summed E-state index contributed by atoms with van der Waals surface area (Å²) >= 11 is 0. The first kappa shape index (κ1) is 13.0. The van der Waals surface area contributed by atoms with Gasteiger partial charge in [0.1, 0.15) is 0 Å². The fourth-order valence-electron chi connectivity index (χ4n) is 1.82. The third-order valence-electron chi connectivity index (χ3n) is 2.57. The summed E-state index contributed by atoms with van der Waals surface area (Å²) in [4.78, 5) is 0. The van der Waals surface area contributed by atoms with Gasteiger partial charge in [0.25, 0.3) is 0 Å². The molecule has 0 radical (unpaired) electrons. The minimum atomic E-state index is 0.307. The SMILES string of the molecule is Cc1ccc(NC(CN)CC(C)(C)C)cc1. The van der Waals surface area contributed by atoms with E-state index in [4.69, 9.17) is 5.73 Å². The molecule has 0 heterocycles. The summed E-state index contributed by atoms with van der Waals surface area (Å²) < 4.78 is 0. The number of rotatable bonds is 4. The van der Waals surface area contributed by atoms with Gasteiger partial charge in [-0.3, -0.25) is 0 Å². The summed E-state index contributed by atoms with van der Waals surface area (Å²) in [5, 5.41) is 3.49. The molecule has 0 amide bonds. The molecular formula is C14H24N2. The predicted molar refractivity (Wildman–Crippen MR) is 71.7 cm³/mol. The first-order chi connectivity index (χ1) is 7.40. The van der Waals surface area contributed by atoms with Gasteiger partial charge in [0.2, 0.25) is 0 Å². The number of anilines is 1. The van der Waals surface area contributed by atoms with Crippen LogP contribution in [-0.4, -0.2) is 12.6 Å². The Morgan fingerprint density at radius 1 is 1.19 bits per heavy atom. The zero-order valence-corrected chi connectivity index (χ0v) is 10.9. The van der Waals surface area contributed by atoms with Crippen LogP contribution in [0.25, 0.3) is 0 Å². The van der Waals surface area contributed by atoms with E-state index in [-0.39, 0.29) is 0 Å². The summed E-state index contributed by atoms with van der Waals surface area (Å²) in [6.07, 6.45) is 1.08. The first-order valence-electron chi connectivity index (χ1n) is 5.94. The van der Waals surface area contributed by atoms with Crippen molar-refractivity contribution in [3.05, 3.63) is 29.8 Å². The van der Waals surface area contributed by atoms with E-state index in [0.29, 0.717) is 18.0 Å². The number of nitrogens with one attached hydrogen (secondary N) is 1. The van der Waals surface area contributed by atoms with E-state index in [9.17, 15) is 0 Å². The molecule has 16 heavy (non-hydrogen) atoms. The molecule has 0 aromatic heterocycles. The lowest BCUT2D eigenvalue weighted by Gasteiger charge is -2.26. The van der Waals surface area contributed by atoms with Gasteiger partial charge in [-0.05, 0) is 30.9 Å². The highest BCUT2D eigenvalue weighted by Gasteiger charge is 2.17. The van der Waals surface area contributed by atoms with Crippen molar-refractivity contribution >= 4 is 5.69 Å². The van der Waals surface area contributed by atoms with Gasteiger partial charge < -0.3 is 11.1 Å². The molecule has 3 N–H and O–H groups in total. The standard InChI is InChI=1S/C14H24N2/c1-11-5-7-12(8-6-11)16-13(10-15)9-14(2,3)4/h5-8,13,16H,9-10,15H2,1-4H3. The van der Waals surface area contributed by atoms with Crippen LogP contribution in [0.3, 0.4) is 0 Å². The van der Waals surface area contributed by atoms with Gasteiger partial charge in [-0.1, -0.05) is 38.5 Å². The highest BCUT2D eigenvalue weighted by molar-refractivity contribution is 5.45. The van der Waals surface area contributed by atoms with Crippen LogP contribution in [0.15, 0.2) is 24.3 Å². The maximum atomic E-state index is 5.80. The van der Waals surface area contributed by atoms with E-state index >= 15 is 0 Å². The number of benzene rings is 1. The molecule has 1 aromatic carbocycles. The Kier molecular flexibility index (Phi) is 4.36. The highest BCUT2D eigenvalue weighted by Crippen LogP contribution is 2.22. The molecule has 0 aliphatic heterocycles. The Balaban J connectivity index is 2.60. The lowest BCUT2D eigenvalue weighted by Crippen LogP contribution is -2.32. The van der Waals surface area contributed by atoms with Gasteiger partial charge in [0.15, 0.2) is 0 Å². The molecule has 0 saturated carbocycles. The minimum Gasteiger partial charge on any atom is -0.381 e. The van der Waals surface area contributed by atoms with E-state index in [1.54, 1.807) is 0 Å². The van der Waals surface area contributed by atoms with Crippen LogP contribution in [0, 0.1) is 12.3 Å². The maximum absolute atomic E-state index is 5.80. The fourth-order valence-corrected chi connectivity index (χ4v) is 1.82. The van der Waals surface area contributed by atoms with Gasteiger partial charge in [-0.15, -0.1) is 0 Å². The molecule has 0 fully saturated rings. The second-order valence-corrected chi connectivity index (χ2v) is 5.71. The molecule has 1 aromatic rings. The van der Waals surface area contributed by atoms with Crippen LogP contribution in [-0.2, 0) is 0 Å². The molecule has 1 rings (SSSR count). The molecule has 2 heteroatoms. The van der Waals surface area contributed by atoms with Crippen molar-refractivity contribution in [2.75, 3.05) is 11.9 Å². The molecule has 0 aliphatic carbocycles. The number of aryl methyl sites for hydroxylation is 1. The Morgan fingerprint density at radius 3 is 2.19 bits per heavy atom. The fraction of sp³-hybridized carbons (Fsp3) is 0.571. The average Bonchev–Trinajstić information content (AvgIpc) is 2.18. The number of hydrogen-bond donors (Lipinski definition) is 2. The molecule has 2 nitrogen and oxygen atoms in total. The summed E-state index contributed by atoms with van der Waals surface area (Å²) in [5.41, 5.74) is 8.54. The van der Waals surface area contributed by atoms with Crippen molar-refractivity contribution in [3.8, 4) is 0 Å². The van der Waals surface area contributed by atoms with Crippen molar-refractivity contribution < 1.29 is 0 Å². The Labute approximate surface area is 99.2 Å². The Hall–Kier alpha value is -1.02. The van der Waals surface area contributed by atoms with Crippen LogP contribution in [0.1, 0.15) is 32.8 Å². The molecular weight excluding hydrogens is 196 g/mol. The van der Waals surface area contributed by atoms with Gasteiger partial charge in [0.05, 0.1) is 0 Å². The second kappa shape index (κ2) is 5.35. The number of hydrogen-bond acceptors (Lipinski definition) is 2. The van der Waals surface area contributed by atoms with E-state index in [1.807, 2.05) is 0 Å². The van der Waals surface area contributed by atoms with E-state index in [2.05, 4.69) is 57.3 Å². The van der Waals surface area contributed by atoms with Gasteiger partial charge >= 0.3 is 0 Å². The van der Waals surface area contributed by atoms with Crippen molar-refractivity contribution in [3.63, 3.8) is 0 Å². The van der Waals surface area contributed by atoms with Gasteiger partial charge in [0, 0.05) is 18.3 Å².